The maximum absolute atomic E-state index is 11.9. The van der Waals surface area contributed by atoms with Crippen LogP contribution in [0.3, 0.4) is 0 Å². The number of hydrogen-bond donors (Lipinski definition) is 11. The zero-order chi connectivity index (χ0) is 27.1. The lowest BCUT2D eigenvalue weighted by Crippen LogP contribution is -2.78. The average molecular weight is 529 g/mol. The molecule has 3 rings (SSSR count). The number of carbonyl (C=O) groups excluding carboxylic acids is 1. The highest BCUT2D eigenvalue weighted by atomic mass is 16.7. The van der Waals surface area contributed by atoms with E-state index in [9.17, 15) is 55.9 Å². The fourth-order valence-corrected chi connectivity index (χ4v) is 4.73. The molecule has 0 spiro atoms. The van der Waals surface area contributed by atoms with Crippen molar-refractivity contribution in [1.82, 2.24) is 5.32 Å². The molecule has 0 aliphatic carbocycles. The molecule has 0 aromatic rings. The van der Waals surface area contributed by atoms with Gasteiger partial charge in [-0.15, -0.1) is 0 Å². The Labute approximate surface area is 205 Å². The molecular formula is C20H35NO15. The number of aliphatic hydroxyl groups is 10. The zero-order valence-electron chi connectivity index (χ0n) is 19.5. The van der Waals surface area contributed by atoms with Gasteiger partial charge in [0.05, 0.1) is 19.3 Å². The van der Waals surface area contributed by atoms with Crippen molar-refractivity contribution in [2.24, 2.45) is 0 Å². The smallest absolute Gasteiger partial charge is 0.219 e. The van der Waals surface area contributed by atoms with Crippen molar-refractivity contribution < 1.29 is 74.8 Å². The summed E-state index contributed by atoms with van der Waals surface area (Å²) < 4.78 is 21.8. The van der Waals surface area contributed by atoms with Gasteiger partial charge in [0.1, 0.15) is 73.2 Å². The van der Waals surface area contributed by atoms with Gasteiger partial charge in [-0.3, -0.25) is 4.79 Å². The molecule has 0 bridgehead atoms. The Bertz CT molecular complexity index is 759. The van der Waals surface area contributed by atoms with E-state index in [4.69, 9.17) is 18.9 Å². The quantitative estimate of drug-likeness (QED) is 0.153. The second-order valence-corrected chi connectivity index (χ2v) is 9.29. The first kappa shape index (κ1) is 29.5. The van der Waals surface area contributed by atoms with Crippen LogP contribution in [0.2, 0.25) is 0 Å². The molecule has 210 valence electrons. The maximum atomic E-state index is 11.9. The predicted molar refractivity (Wildman–Crippen MR) is 112 cm³/mol. The number of amides is 1. The van der Waals surface area contributed by atoms with Crippen LogP contribution in [0.25, 0.3) is 0 Å². The second-order valence-electron chi connectivity index (χ2n) is 9.29. The summed E-state index contributed by atoms with van der Waals surface area (Å²) in [6, 6.07) is -1.83. The molecule has 0 radical (unpaired) electrons. The Morgan fingerprint density at radius 1 is 0.833 bits per heavy atom. The standard InChI is InChI=1S/C20H35NO15/c1-5-9(25)11(27)13(29)18(33-5)20(32)17(21-6(2)24)15(31)16(8(4-23)36-20)35-19-14(30)12(28)10(26)7(3-22)34-19/h5,7-19,22-23,25-32H,3-4H2,1-2H3,(H,21,24)/t5-,7+,8+,9+,10-,11+,12-,13-,14+,15-,16+,17+,18+,19-,20?/m0/s1. The van der Waals surface area contributed by atoms with Crippen LogP contribution in [0.4, 0.5) is 0 Å². The topological polar surface area (TPSA) is 268 Å². The van der Waals surface area contributed by atoms with Crippen molar-refractivity contribution in [3.8, 4) is 0 Å². The van der Waals surface area contributed by atoms with Gasteiger partial charge in [0, 0.05) is 6.92 Å². The van der Waals surface area contributed by atoms with Crippen LogP contribution in [-0.4, -0.2) is 162 Å². The molecule has 3 aliphatic rings. The van der Waals surface area contributed by atoms with Crippen LogP contribution in [-0.2, 0) is 23.7 Å². The molecule has 11 N–H and O–H groups in total. The van der Waals surface area contributed by atoms with E-state index in [1.807, 2.05) is 0 Å². The summed E-state index contributed by atoms with van der Waals surface area (Å²) >= 11 is 0. The lowest BCUT2D eigenvalue weighted by molar-refractivity contribution is -0.400. The lowest BCUT2D eigenvalue weighted by Gasteiger charge is -2.55. The Balaban J connectivity index is 1.93. The molecule has 16 heteroatoms. The summed E-state index contributed by atoms with van der Waals surface area (Å²) in [5.74, 6) is -3.57. The van der Waals surface area contributed by atoms with Gasteiger partial charge < -0.3 is 75.3 Å². The summed E-state index contributed by atoms with van der Waals surface area (Å²) in [5, 5.41) is 105. The van der Waals surface area contributed by atoms with E-state index in [2.05, 4.69) is 5.32 Å². The predicted octanol–water partition coefficient (Wildman–Crippen LogP) is -7.01. The zero-order valence-corrected chi connectivity index (χ0v) is 19.5. The highest BCUT2D eigenvalue weighted by Gasteiger charge is 2.63. The molecule has 3 saturated heterocycles. The summed E-state index contributed by atoms with van der Waals surface area (Å²) in [7, 11) is 0. The molecule has 15 atom stereocenters. The van der Waals surface area contributed by atoms with Crippen molar-refractivity contribution in [2.45, 2.75) is 105 Å². The molecule has 36 heavy (non-hydrogen) atoms. The maximum Gasteiger partial charge on any atom is 0.219 e. The van der Waals surface area contributed by atoms with Crippen LogP contribution in [0.15, 0.2) is 0 Å². The second kappa shape index (κ2) is 11.3. The molecule has 1 amide bonds. The first-order chi connectivity index (χ1) is 16.8. The number of nitrogens with one attached hydrogen (secondary N) is 1. The number of ether oxygens (including phenoxy) is 4. The van der Waals surface area contributed by atoms with Crippen LogP contribution >= 0.6 is 0 Å². The Morgan fingerprint density at radius 3 is 1.97 bits per heavy atom. The summed E-state index contributed by atoms with van der Waals surface area (Å²) in [5.41, 5.74) is 0. The summed E-state index contributed by atoms with van der Waals surface area (Å²) in [4.78, 5) is 11.9. The van der Waals surface area contributed by atoms with Crippen LogP contribution in [0, 0.1) is 0 Å². The van der Waals surface area contributed by atoms with Crippen molar-refractivity contribution in [3.63, 3.8) is 0 Å². The van der Waals surface area contributed by atoms with E-state index >= 15 is 0 Å². The molecule has 3 aliphatic heterocycles. The van der Waals surface area contributed by atoms with Gasteiger partial charge in [-0.1, -0.05) is 0 Å². The third-order valence-electron chi connectivity index (χ3n) is 6.77. The van der Waals surface area contributed by atoms with Crippen molar-refractivity contribution >= 4 is 5.91 Å². The highest BCUT2D eigenvalue weighted by Crippen LogP contribution is 2.39. The minimum Gasteiger partial charge on any atom is -0.394 e. The van der Waals surface area contributed by atoms with Crippen LogP contribution in [0.5, 0.6) is 0 Å². The molecule has 3 heterocycles. The van der Waals surface area contributed by atoms with Crippen molar-refractivity contribution in [2.75, 3.05) is 13.2 Å². The number of carbonyl (C=O) groups is 1. The minimum atomic E-state index is -2.79. The first-order valence-corrected chi connectivity index (χ1v) is 11.4. The molecule has 16 nitrogen and oxygen atoms in total. The molecule has 0 aromatic carbocycles. The number of rotatable bonds is 6. The molecule has 1 unspecified atom stereocenters. The third kappa shape index (κ3) is 5.25. The van der Waals surface area contributed by atoms with Crippen LogP contribution in [0.1, 0.15) is 13.8 Å². The van der Waals surface area contributed by atoms with Gasteiger partial charge in [-0.2, -0.15) is 0 Å². The minimum absolute atomic E-state index is 0.768. The van der Waals surface area contributed by atoms with E-state index in [-0.39, 0.29) is 0 Å². The van der Waals surface area contributed by atoms with Crippen molar-refractivity contribution in [3.05, 3.63) is 0 Å². The highest BCUT2D eigenvalue weighted by molar-refractivity contribution is 5.73. The SMILES string of the molecule is CC(=O)N[C@@H]1[C@@H](O)[C@H](O[C@@H]2O[C@H](CO)[C@H](O)[C@H](O)[C@H]2O)[C@@H](CO)OC1(O)[C@@H]1O[C@@H](C)[C@@H](O)[C@@H](O)[C@@H]1O. The lowest BCUT2D eigenvalue weighted by atomic mass is 9.81. The van der Waals surface area contributed by atoms with E-state index in [1.165, 1.54) is 6.92 Å². The first-order valence-electron chi connectivity index (χ1n) is 11.4. The van der Waals surface area contributed by atoms with E-state index in [1.54, 1.807) is 0 Å². The van der Waals surface area contributed by atoms with Crippen molar-refractivity contribution in [1.29, 1.82) is 0 Å². The Morgan fingerprint density at radius 2 is 1.42 bits per heavy atom. The molecule has 0 saturated carbocycles. The van der Waals surface area contributed by atoms with Gasteiger partial charge >= 0.3 is 0 Å². The normalized spacial score (nSPS) is 52.1. The Hall–Kier alpha value is -1.09. The van der Waals surface area contributed by atoms with Gasteiger partial charge in [-0.05, 0) is 6.92 Å². The molecule has 3 fully saturated rings. The van der Waals surface area contributed by atoms with Gasteiger partial charge in [0.25, 0.3) is 0 Å². The Kier molecular flexibility index (Phi) is 9.28. The number of aliphatic hydroxyl groups excluding tert-OH is 9. The summed E-state index contributed by atoms with van der Waals surface area (Å²) in [6.07, 6.45) is -22.1. The molecular weight excluding hydrogens is 494 g/mol. The van der Waals surface area contributed by atoms with Crippen LogP contribution < -0.4 is 5.32 Å². The van der Waals surface area contributed by atoms with E-state index in [0.29, 0.717) is 0 Å². The molecule has 0 aromatic heterocycles. The monoisotopic (exact) mass is 529 g/mol. The van der Waals surface area contributed by atoms with Gasteiger partial charge in [-0.25, -0.2) is 0 Å². The van der Waals surface area contributed by atoms with E-state index < -0.39 is 110 Å². The fourth-order valence-electron chi connectivity index (χ4n) is 4.73. The van der Waals surface area contributed by atoms with Gasteiger partial charge in [0.2, 0.25) is 11.7 Å². The average Bonchev–Trinajstić information content (AvgIpc) is 2.83. The largest absolute Gasteiger partial charge is 0.394 e. The fraction of sp³-hybridized carbons (Fsp3) is 0.950. The summed E-state index contributed by atoms with van der Waals surface area (Å²) in [6.45, 7) is 0.669. The number of hydrogen-bond acceptors (Lipinski definition) is 15. The van der Waals surface area contributed by atoms with E-state index in [0.717, 1.165) is 6.92 Å². The third-order valence-corrected chi connectivity index (χ3v) is 6.77. The van der Waals surface area contributed by atoms with Gasteiger partial charge in [0.15, 0.2) is 6.29 Å².